The molecule has 3 fully saturated rings. The van der Waals surface area contributed by atoms with Crippen LogP contribution in [0.1, 0.15) is 137 Å². The quantitative estimate of drug-likeness (QED) is 0.256. The van der Waals surface area contributed by atoms with Gasteiger partial charge in [-0.15, -0.1) is 0 Å². The fourth-order valence-corrected chi connectivity index (χ4v) is 7.04. The van der Waals surface area contributed by atoms with Gasteiger partial charge >= 0.3 is 5.97 Å². The minimum atomic E-state index is -0.222. The van der Waals surface area contributed by atoms with Crippen LogP contribution in [0.3, 0.4) is 0 Å². The first-order chi connectivity index (χ1) is 21.3. The Bertz CT molecular complexity index is 1060. The molecular weight excluding hydrogens is 542 g/mol. The minimum Gasteiger partial charge on any atom is -0.459 e. The molecule has 7 atom stereocenters. The van der Waals surface area contributed by atoms with Crippen LogP contribution < -0.4 is 5.73 Å². The summed E-state index contributed by atoms with van der Waals surface area (Å²) in [7, 11) is 0. The summed E-state index contributed by atoms with van der Waals surface area (Å²) in [6.07, 6.45) is 32.3. The second-order valence-electron chi connectivity index (χ2n) is 14.5. The highest BCUT2D eigenvalue weighted by atomic mass is 16.5. The first-order valence-corrected chi connectivity index (χ1v) is 18.3. The van der Waals surface area contributed by atoms with Crippen molar-refractivity contribution in [2.45, 2.75) is 161 Å². The van der Waals surface area contributed by atoms with Gasteiger partial charge in [-0.3, -0.25) is 0 Å². The lowest BCUT2D eigenvalue weighted by atomic mass is 9.83. The molecule has 0 spiro atoms. The van der Waals surface area contributed by atoms with Gasteiger partial charge in [-0.25, -0.2) is 4.79 Å². The molecule has 2 bridgehead atoms. The SMILES string of the molecule is C1CC1.C=C1CCCC2CC=CC(C/C=C\C(=O)OC(C(/C=C/C3CCC(C)=C(C)C3)C3CC3)CC3CC3(N)CC1)O2.CC. The largest absolute Gasteiger partial charge is 0.459 e. The van der Waals surface area contributed by atoms with Crippen LogP contribution in [-0.2, 0) is 14.3 Å². The second kappa shape index (κ2) is 17.1. The van der Waals surface area contributed by atoms with E-state index in [-0.39, 0.29) is 35.7 Å². The normalized spacial score (nSPS) is 35.9. The highest BCUT2D eigenvalue weighted by Gasteiger charge is 2.52. The average Bonchev–Trinajstić information content (AvgIpc) is 3.86. The van der Waals surface area contributed by atoms with Crippen molar-refractivity contribution >= 4 is 5.97 Å². The van der Waals surface area contributed by atoms with Crippen molar-refractivity contribution in [2.75, 3.05) is 0 Å². The molecule has 0 amide bonds. The van der Waals surface area contributed by atoms with Crippen LogP contribution in [0.2, 0.25) is 0 Å². The highest BCUT2D eigenvalue weighted by Crippen LogP contribution is 2.51. The zero-order valence-corrected chi connectivity index (χ0v) is 28.5. The van der Waals surface area contributed by atoms with Crippen molar-refractivity contribution in [1.82, 2.24) is 0 Å². The molecule has 3 saturated carbocycles. The van der Waals surface area contributed by atoms with Gasteiger partial charge in [0.2, 0.25) is 0 Å². The van der Waals surface area contributed by atoms with E-state index in [4.69, 9.17) is 15.2 Å². The third kappa shape index (κ3) is 11.5. The maximum absolute atomic E-state index is 13.1. The maximum Gasteiger partial charge on any atom is 0.330 e. The van der Waals surface area contributed by atoms with E-state index in [2.05, 4.69) is 44.7 Å². The Morgan fingerprint density at radius 1 is 0.977 bits per heavy atom. The van der Waals surface area contributed by atoms with Crippen molar-refractivity contribution in [3.63, 3.8) is 0 Å². The molecule has 0 aromatic heterocycles. The van der Waals surface area contributed by atoms with Crippen LogP contribution in [0.5, 0.6) is 0 Å². The fraction of sp³-hybridized carbons (Fsp3) is 0.725. The third-order valence-electron chi connectivity index (χ3n) is 10.5. The highest BCUT2D eigenvalue weighted by molar-refractivity contribution is 5.82. The summed E-state index contributed by atoms with van der Waals surface area (Å²) in [6, 6.07) is 0. The molecule has 6 aliphatic rings. The van der Waals surface area contributed by atoms with Crippen molar-refractivity contribution < 1.29 is 14.3 Å². The number of nitrogens with two attached hydrogens (primary N) is 1. The molecule has 6 rings (SSSR count). The third-order valence-corrected chi connectivity index (χ3v) is 10.5. The van der Waals surface area contributed by atoms with Crippen molar-refractivity contribution in [1.29, 1.82) is 0 Å². The number of carbonyl (C=O) groups excluding carboxylic acids is 1. The lowest BCUT2D eigenvalue weighted by molar-refractivity contribution is -0.146. The summed E-state index contributed by atoms with van der Waals surface area (Å²) in [5, 5.41) is 0. The van der Waals surface area contributed by atoms with Crippen molar-refractivity contribution in [2.24, 2.45) is 29.4 Å². The summed E-state index contributed by atoms with van der Waals surface area (Å²) >= 11 is 0. The van der Waals surface area contributed by atoms with Gasteiger partial charge in [0.15, 0.2) is 0 Å². The number of ether oxygens (including phenoxy) is 2. The van der Waals surface area contributed by atoms with E-state index in [1.807, 2.05) is 19.9 Å². The molecule has 4 nitrogen and oxygen atoms in total. The van der Waals surface area contributed by atoms with Crippen LogP contribution in [-0.4, -0.2) is 29.8 Å². The number of hydrogen-bond acceptors (Lipinski definition) is 4. The van der Waals surface area contributed by atoms with Crippen LogP contribution in [0.25, 0.3) is 0 Å². The van der Waals surface area contributed by atoms with E-state index in [0.717, 1.165) is 57.8 Å². The molecule has 4 heteroatoms. The molecule has 0 radical (unpaired) electrons. The first-order valence-electron chi connectivity index (χ1n) is 18.3. The Hall–Kier alpha value is -1.91. The molecule has 2 N–H and O–H groups in total. The Morgan fingerprint density at radius 3 is 2.45 bits per heavy atom. The van der Waals surface area contributed by atoms with Crippen LogP contribution in [0.15, 0.2) is 59.8 Å². The molecule has 7 unspecified atom stereocenters. The van der Waals surface area contributed by atoms with Gasteiger partial charge < -0.3 is 15.2 Å². The van der Waals surface area contributed by atoms with Gasteiger partial charge in [-0.1, -0.05) is 86.8 Å². The van der Waals surface area contributed by atoms with Crippen molar-refractivity contribution in [3.8, 4) is 0 Å². The predicted molar refractivity (Wildman–Crippen MR) is 184 cm³/mol. The number of allylic oxidation sites excluding steroid dienone is 4. The molecule has 0 saturated heterocycles. The minimum absolute atomic E-state index is 0.0359. The number of esters is 1. The molecule has 2 heterocycles. The molecule has 2 aliphatic heterocycles. The Morgan fingerprint density at radius 2 is 1.75 bits per heavy atom. The van der Waals surface area contributed by atoms with Gasteiger partial charge in [0.25, 0.3) is 0 Å². The molecular formula is C40H63NO3. The maximum atomic E-state index is 13.1. The monoisotopic (exact) mass is 605 g/mol. The summed E-state index contributed by atoms with van der Waals surface area (Å²) in [6.45, 7) is 12.9. The van der Waals surface area contributed by atoms with Crippen LogP contribution in [0.4, 0.5) is 0 Å². The number of rotatable bonds is 4. The van der Waals surface area contributed by atoms with E-state index >= 15 is 0 Å². The first kappa shape index (κ1) is 35.0. The number of cyclic esters (lactones) is 1. The standard InChI is InChI=1S/C35H51NO3.C3H6.C2H6/c1-24-7-4-8-30-9-5-10-31(38-30)11-6-12-34(37)39-33(22-29-23-35(29,36)20-19-24)32(28-16-17-28)18-15-27-14-13-25(2)26(3)21-27;1-2-3-1;1-2/h5-6,10,12,15,18,27-33H,1,4,7-9,11,13-14,16-17,19-23,36H2,2-3H3;1-3H2;1-2H3/b12-6-,18-15+;;. The Labute approximate surface area is 269 Å². The van der Waals surface area contributed by atoms with Crippen molar-refractivity contribution in [3.05, 3.63) is 59.8 Å². The smallest absolute Gasteiger partial charge is 0.330 e. The number of carbonyl (C=O) groups is 1. The predicted octanol–water partition coefficient (Wildman–Crippen LogP) is 10.1. The lowest BCUT2D eigenvalue weighted by Gasteiger charge is -2.27. The van der Waals surface area contributed by atoms with Gasteiger partial charge in [0, 0.05) is 17.5 Å². The van der Waals surface area contributed by atoms with E-state index in [1.54, 1.807) is 17.2 Å². The summed E-state index contributed by atoms with van der Waals surface area (Å²) in [5.41, 5.74) is 11.2. The van der Waals surface area contributed by atoms with Crippen LogP contribution >= 0.6 is 0 Å². The van der Waals surface area contributed by atoms with Crippen LogP contribution in [0, 0.1) is 23.7 Å². The summed E-state index contributed by atoms with van der Waals surface area (Å²) in [5.74, 6) is 1.69. The van der Waals surface area contributed by atoms with Gasteiger partial charge in [0.1, 0.15) is 6.10 Å². The molecule has 4 aliphatic carbocycles. The second-order valence-corrected chi connectivity index (χ2v) is 14.5. The van der Waals surface area contributed by atoms with Gasteiger partial charge in [-0.05, 0) is 121 Å². The zero-order chi connectivity index (χ0) is 31.5. The molecule has 44 heavy (non-hydrogen) atoms. The topological polar surface area (TPSA) is 61.5 Å². The Kier molecular flexibility index (Phi) is 13.6. The Balaban J connectivity index is 0.000000818. The van der Waals surface area contributed by atoms with E-state index in [0.29, 0.717) is 24.2 Å². The van der Waals surface area contributed by atoms with E-state index in [1.165, 1.54) is 50.5 Å². The number of hydrogen-bond donors (Lipinski definition) is 1. The number of fused-ring (bicyclic) bond motifs is 3. The molecule has 246 valence electrons. The molecule has 0 aromatic rings. The van der Waals surface area contributed by atoms with Gasteiger partial charge in [-0.2, -0.15) is 0 Å². The van der Waals surface area contributed by atoms with E-state index in [9.17, 15) is 4.79 Å². The van der Waals surface area contributed by atoms with E-state index < -0.39 is 0 Å². The summed E-state index contributed by atoms with van der Waals surface area (Å²) < 4.78 is 12.6. The lowest BCUT2D eigenvalue weighted by Crippen LogP contribution is -2.31. The average molecular weight is 606 g/mol. The van der Waals surface area contributed by atoms with Gasteiger partial charge in [0.05, 0.1) is 12.2 Å². The summed E-state index contributed by atoms with van der Waals surface area (Å²) in [4.78, 5) is 13.1. The molecule has 0 aromatic carbocycles. The fourth-order valence-electron chi connectivity index (χ4n) is 7.04. The zero-order valence-electron chi connectivity index (χ0n) is 28.5.